The third-order valence-corrected chi connectivity index (χ3v) is 4.99. The lowest BCUT2D eigenvalue weighted by Gasteiger charge is -2.24. The van der Waals surface area contributed by atoms with Crippen LogP contribution in [0.1, 0.15) is 24.0 Å². The lowest BCUT2D eigenvalue weighted by molar-refractivity contribution is -0.286. The molecule has 2 heterocycles. The number of nitrogens with zero attached hydrogens (tertiary/aromatic N) is 1. The number of alkyl halides is 2. The fourth-order valence-electron chi connectivity index (χ4n) is 2.98. The number of aliphatic hydroxyl groups excluding tert-OH is 1. The number of hydrogen-bond donors (Lipinski definition) is 2. The van der Waals surface area contributed by atoms with E-state index in [1.54, 1.807) is 18.2 Å². The highest BCUT2D eigenvalue weighted by molar-refractivity contribution is 6.30. The Morgan fingerprint density at radius 3 is 2.60 bits per heavy atom. The third-order valence-electron chi connectivity index (χ3n) is 4.61. The molecule has 4 rings (SSSR count). The Bertz CT molecular complexity index is 843. The fraction of sp³-hybridized carbons (Fsp3) is 0.353. The van der Waals surface area contributed by atoms with Gasteiger partial charge in [-0.3, -0.25) is 0 Å². The van der Waals surface area contributed by atoms with E-state index in [0.29, 0.717) is 29.4 Å². The normalized spacial score (nSPS) is 20.2. The molecular weight excluding hydrogens is 354 g/mol. The summed E-state index contributed by atoms with van der Waals surface area (Å²) in [4.78, 5) is 4.17. The molecule has 1 unspecified atom stereocenters. The fourth-order valence-corrected chi connectivity index (χ4v) is 3.13. The van der Waals surface area contributed by atoms with Gasteiger partial charge in [0, 0.05) is 5.41 Å². The highest BCUT2D eigenvalue weighted by Gasteiger charge is 2.52. The van der Waals surface area contributed by atoms with Gasteiger partial charge in [-0.05, 0) is 49.1 Å². The van der Waals surface area contributed by atoms with E-state index in [9.17, 15) is 13.9 Å². The molecule has 1 fully saturated rings. The smallest absolute Gasteiger partial charge is 0.395 e. The molecule has 1 saturated carbocycles. The molecule has 1 aromatic heterocycles. The zero-order valence-corrected chi connectivity index (χ0v) is 14.0. The number of nitrogens with one attached hydrogen (secondary N) is 1. The van der Waals surface area contributed by atoms with Crippen molar-refractivity contribution in [2.45, 2.75) is 37.7 Å². The van der Waals surface area contributed by atoms with Crippen molar-refractivity contribution >= 4 is 17.4 Å². The van der Waals surface area contributed by atoms with Crippen molar-refractivity contribution in [3.8, 4) is 11.5 Å². The summed E-state index contributed by atoms with van der Waals surface area (Å²) >= 11 is 6.00. The molecule has 0 amide bonds. The predicted molar refractivity (Wildman–Crippen MR) is 87.2 cm³/mol. The Morgan fingerprint density at radius 1 is 1.20 bits per heavy atom. The molecule has 0 saturated heterocycles. The van der Waals surface area contributed by atoms with Crippen LogP contribution in [0.25, 0.3) is 0 Å². The molecule has 1 aromatic carbocycles. The highest BCUT2D eigenvalue weighted by Crippen LogP contribution is 2.53. The van der Waals surface area contributed by atoms with E-state index in [1.807, 2.05) is 6.92 Å². The summed E-state index contributed by atoms with van der Waals surface area (Å²) in [6.45, 7) is 1.83. The number of anilines is 1. The number of aryl methyl sites for hydroxylation is 1. The predicted octanol–water partition coefficient (Wildman–Crippen LogP) is 3.83. The monoisotopic (exact) mass is 368 g/mol. The number of aliphatic hydroxyl groups is 1. The van der Waals surface area contributed by atoms with Crippen LogP contribution in [0.15, 0.2) is 30.3 Å². The summed E-state index contributed by atoms with van der Waals surface area (Å²) in [5.41, 5.74) is 0.945. The second kappa shape index (κ2) is 5.44. The molecule has 0 bridgehead atoms. The second-order valence-corrected chi connectivity index (χ2v) is 6.69. The lowest BCUT2D eigenvalue weighted by atomic mass is 9.93. The van der Waals surface area contributed by atoms with Crippen molar-refractivity contribution < 1.29 is 23.4 Å². The number of aromatic nitrogens is 1. The second-order valence-electron chi connectivity index (χ2n) is 6.34. The van der Waals surface area contributed by atoms with Crippen molar-refractivity contribution in [1.82, 2.24) is 4.98 Å². The summed E-state index contributed by atoms with van der Waals surface area (Å²) < 4.78 is 35.2. The maximum Gasteiger partial charge on any atom is 0.586 e. The van der Waals surface area contributed by atoms with Crippen LogP contribution in [-0.2, 0) is 5.41 Å². The van der Waals surface area contributed by atoms with E-state index in [-0.39, 0.29) is 11.5 Å². The van der Waals surface area contributed by atoms with Crippen LogP contribution in [0.2, 0.25) is 5.15 Å². The lowest BCUT2D eigenvalue weighted by Crippen LogP contribution is -2.33. The van der Waals surface area contributed by atoms with Crippen molar-refractivity contribution in [2.24, 2.45) is 0 Å². The minimum absolute atomic E-state index is 0.0148. The minimum Gasteiger partial charge on any atom is -0.395 e. The third kappa shape index (κ3) is 2.87. The number of benzene rings is 1. The number of rotatable bonds is 4. The molecule has 8 heteroatoms. The van der Waals surface area contributed by atoms with Crippen LogP contribution >= 0.6 is 11.6 Å². The van der Waals surface area contributed by atoms with Crippen molar-refractivity contribution in [3.05, 3.63) is 46.6 Å². The van der Waals surface area contributed by atoms with Crippen LogP contribution in [-0.4, -0.2) is 22.6 Å². The quantitative estimate of drug-likeness (QED) is 0.634. The van der Waals surface area contributed by atoms with E-state index in [1.165, 1.54) is 12.1 Å². The summed E-state index contributed by atoms with van der Waals surface area (Å²) in [6, 6.07) is 8.10. The Balaban J connectivity index is 1.57. The number of hydrogen-bond acceptors (Lipinski definition) is 5. The van der Waals surface area contributed by atoms with E-state index < -0.39 is 17.9 Å². The molecule has 1 aliphatic heterocycles. The molecule has 1 aliphatic carbocycles. The van der Waals surface area contributed by atoms with Gasteiger partial charge in [0.2, 0.25) is 0 Å². The van der Waals surface area contributed by atoms with Gasteiger partial charge < -0.3 is 19.9 Å². The van der Waals surface area contributed by atoms with E-state index in [2.05, 4.69) is 19.8 Å². The van der Waals surface area contributed by atoms with Crippen LogP contribution in [0.3, 0.4) is 0 Å². The Labute approximate surface area is 147 Å². The molecule has 132 valence electrons. The average Bonchev–Trinajstić information content (AvgIpc) is 3.28. The van der Waals surface area contributed by atoms with E-state index in [0.717, 1.165) is 5.56 Å². The van der Waals surface area contributed by atoms with Gasteiger partial charge in [-0.25, -0.2) is 4.98 Å². The van der Waals surface area contributed by atoms with Gasteiger partial charge in [0.05, 0.1) is 0 Å². The molecule has 2 aliphatic rings. The molecule has 1 atom stereocenters. The molecule has 0 spiro atoms. The number of halogens is 3. The standard InChI is InChI=1S/C17H15ClF2N2O3/c1-9-2-5-13(21-14(9)18)22-15(23)16(6-7-16)10-3-4-11-12(8-10)25-17(19,20)24-11/h2-5,8,15,23H,6-7H2,1H3,(H,21,22). The maximum absolute atomic E-state index is 13.2. The van der Waals surface area contributed by atoms with E-state index >= 15 is 0 Å². The number of ether oxygens (including phenoxy) is 2. The summed E-state index contributed by atoms with van der Waals surface area (Å²) in [5.74, 6) is 0.401. The van der Waals surface area contributed by atoms with Gasteiger partial charge in [0.15, 0.2) is 11.5 Å². The van der Waals surface area contributed by atoms with Crippen LogP contribution < -0.4 is 14.8 Å². The summed E-state index contributed by atoms with van der Waals surface area (Å²) in [7, 11) is 0. The Hall–Kier alpha value is -2.12. The Kier molecular flexibility index (Phi) is 3.56. The summed E-state index contributed by atoms with van der Waals surface area (Å²) in [5, 5.41) is 13.9. The van der Waals surface area contributed by atoms with Gasteiger partial charge in [0.25, 0.3) is 0 Å². The van der Waals surface area contributed by atoms with Crippen LogP contribution in [0.5, 0.6) is 11.5 Å². The first-order valence-electron chi connectivity index (χ1n) is 7.77. The van der Waals surface area contributed by atoms with Gasteiger partial charge in [-0.15, -0.1) is 8.78 Å². The Morgan fingerprint density at radius 2 is 1.92 bits per heavy atom. The van der Waals surface area contributed by atoms with Crippen LogP contribution in [0.4, 0.5) is 14.6 Å². The number of pyridine rings is 1. The van der Waals surface area contributed by atoms with Gasteiger partial charge in [-0.1, -0.05) is 23.7 Å². The SMILES string of the molecule is Cc1ccc(NC(O)C2(c3ccc4c(c3)OC(F)(F)O4)CC2)nc1Cl. The van der Waals surface area contributed by atoms with Crippen molar-refractivity contribution in [1.29, 1.82) is 0 Å². The van der Waals surface area contributed by atoms with Crippen molar-refractivity contribution in [2.75, 3.05) is 5.32 Å². The zero-order valence-electron chi connectivity index (χ0n) is 13.2. The largest absolute Gasteiger partial charge is 0.586 e. The van der Waals surface area contributed by atoms with Crippen LogP contribution in [0, 0.1) is 6.92 Å². The van der Waals surface area contributed by atoms with Gasteiger partial charge >= 0.3 is 6.29 Å². The molecule has 0 radical (unpaired) electrons. The van der Waals surface area contributed by atoms with E-state index in [4.69, 9.17) is 11.6 Å². The first-order chi connectivity index (χ1) is 11.8. The maximum atomic E-state index is 13.2. The van der Waals surface area contributed by atoms with Gasteiger partial charge in [0.1, 0.15) is 17.2 Å². The molecule has 2 aromatic rings. The summed E-state index contributed by atoms with van der Waals surface area (Å²) in [6.07, 6.45) is -3.19. The first kappa shape index (κ1) is 16.4. The molecule has 2 N–H and O–H groups in total. The average molecular weight is 369 g/mol. The molecule has 5 nitrogen and oxygen atoms in total. The van der Waals surface area contributed by atoms with Crippen molar-refractivity contribution in [3.63, 3.8) is 0 Å². The zero-order chi connectivity index (χ0) is 17.8. The molecular formula is C17H15ClF2N2O3. The number of fused-ring (bicyclic) bond motifs is 1. The minimum atomic E-state index is -3.66. The van der Waals surface area contributed by atoms with Gasteiger partial charge in [-0.2, -0.15) is 0 Å². The first-order valence-corrected chi connectivity index (χ1v) is 8.15. The molecule has 25 heavy (non-hydrogen) atoms. The topological polar surface area (TPSA) is 63.6 Å². The highest BCUT2D eigenvalue weighted by atomic mass is 35.5.